The summed E-state index contributed by atoms with van der Waals surface area (Å²) in [4.78, 5) is 17.3. The van der Waals surface area contributed by atoms with Gasteiger partial charge in [0, 0.05) is 37.4 Å². The Bertz CT molecular complexity index is 963. The van der Waals surface area contributed by atoms with Crippen LogP contribution in [0.25, 0.3) is 34.2 Å². The lowest BCUT2D eigenvalue weighted by Crippen LogP contribution is -1.97. The lowest BCUT2D eigenvalue weighted by Gasteiger charge is -2.03. The van der Waals surface area contributed by atoms with Crippen molar-refractivity contribution < 1.29 is 0 Å². The second-order valence-corrected chi connectivity index (χ2v) is 5.26. The molecule has 6 nitrogen and oxygen atoms in total. The molecule has 0 spiro atoms. The monoisotopic (exact) mass is 314 g/mol. The molecular formula is C18H14N6. The summed E-state index contributed by atoms with van der Waals surface area (Å²) in [5.74, 6) is 0.606. The van der Waals surface area contributed by atoms with E-state index in [0.717, 1.165) is 28.3 Å². The molecule has 0 saturated heterocycles. The van der Waals surface area contributed by atoms with E-state index in [4.69, 9.17) is 0 Å². The first kappa shape index (κ1) is 14.2. The van der Waals surface area contributed by atoms with Crippen LogP contribution in [-0.2, 0) is 7.05 Å². The molecule has 4 heterocycles. The van der Waals surface area contributed by atoms with Crippen molar-refractivity contribution in [2.45, 2.75) is 0 Å². The van der Waals surface area contributed by atoms with Crippen molar-refractivity contribution in [3.05, 3.63) is 67.3 Å². The van der Waals surface area contributed by atoms with Crippen molar-refractivity contribution in [3.63, 3.8) is 0 Å². The molecule has 0 atom stereocenters. The molecular weight excluding hydrogens is 300 g/mol. The van der Waals surface area contributed by atoms with Crippen LogP contribution in [0.4, 0.5) is 0 Å². The summed E-state index contributed by atoms with van der Waals surface area (Å²) in [7, 11) is 1.91. The Morgan fingerprint density at radius 1 is 0.833 bits per heavy atom. The van der Waals surface area contributed by atoms with Gasteiger partial charge in [0.15, 0.2) is 5.82 Å². The van der Waals surface area contributed by atoms with E-state index in [9.17, 15) is 0 Å². The number of rotatable bonds is 3. The molecule has 0 N–H and O–H groups in total. The quantitative estimate of drug-likeness (QED) is 0.581. The van der Waals surface area contributed by atoms with Crippen LogP contribution in [0.1, 0.15) is 0 Å². The van der Waals surface area contributed by atoms with Crippen LogP contribution in [0.15, 0.2) is 67.3 Å². The highest BCUT2D eigenvalue weighted by Gasteiger charge is 2.12. The molecule has 116 valence electrons. The molecule has 0 aromatic carbocycles. The molecule has 4 rings (SSSR count). The highest BCUT2D eigenvalue weighted by atomic mass is 15.3. The Labute approximate surface area is 138 Å². The number of nitrogens with zero attached hydrogens (tertiary/aromatic N) is 6. The van der Waals surface area contributed by atoms with Crippen molar-refractivity contribution >= 4 is 0 Å². The zero-order valence-corrected chi connectivity index (χ0v) is 13.0. The van der Waals surface area contributed by atoms with Crippen LogP contribution in [0.5, 0.6) is 0 Å². The van der Waals surface area contributed by atoms with Crippen molar-refractivity contribution in [2.75, 3.05) is 0 Å². The second-order valence-electron chi connectivity index (χ2n) is 5.26. The highest BCUT2D eigenvalue weighted by molar-refractivity contribution is 5.67. The number of aromatic nitrogens is 6. The first-order valence-electron chi connectivity index (χ1n) is 7.50. The number of hydrogen-bond acceptors (Lipinski definition) is 5. The van der Waals surface area contributed by atoms with Gasteiger partial charge in [-0.05, 0) is 36.4 Å². The Morgan fingerprint density at radius 3 is 2.46 bits per heavy atom. The van der Waals surface area contributed by atoms with Gasteiger partial charge < -0.3 is 0 Å². The fourth-order valence-corrected chi connectivity index (χ4v) is 2.50. The standard InChI is InChI=1S/C18H14N6/c1-24-17(11-16(23-24)13-5-3-8-19-12-13)14-6-2-7-15(22-14)18-20-9-4-10-21-18/h2-12H,1H3. The SMILES string of the molecule is Cn1nc(-c2cccnc2)cc1-c1cccc(-c2ncccn2)n1. The van der Waals surface area contributed by atoms with E-state index in [-0.39, 0.29) is 0 Å². The van der Waals surface area contributed by atoms with E-state index >= 15 is 0 Å². The Hall–Kier alpha value is -3.41. The van der Waals surface area contributed by atoms with Crippen LogP contribution in [0.3, 0.4) is 0 Å². The fourth-order valence-electron chi connectivity index (χ4n) is 2.50. The van der Waals surface area contributed by atoms with E-state index in [0.29, 0.717) is 5.82 Å². The molecule has 4 aromatic heterocycles. The number of hydrogen-bond donors (Lipinski definition) is 0. The van der Waals surface area contributed by atoms with Crippen LogP contribution < -0.4 is 0 Å². The number of aryl methyl sites for hydroxylation is 1. The minimum absolute atomic E-state index is 0.606. The van der Waals surface area contributed by atoms with Crippen molar-refractivity contribution in [3.8, 4) is 34.2 Å². The van der Waals surface area contributed by atoms with Gasteiger partial charge in [-0.1, -0.05) is 6.07 Å². The maximum atomic E-state index is 4.68. The van der Waals surface area contributed by atoms with Crippen molar-refractivity contribution in [2.24, 2.45) is 7.05 Å². The average molecular weight is 314 g/mol. The summed E-state index contributed by atoms with van der Waals surface area (Å²) in [6, 6.07) is 13.5. The normalized spacial score (nSPS) is 10.7. The van der Waals surface area contributed by atoms with Crippen LogP contribution >= 0.6 is 0 Å². The smallest absolute Gasteiger partial charge is 0.178 e. The lowest BCUT2D eigenvalue weighted by atomic mass is 10.2. The topological polar surface area (TPSA) is 69.4 Å². The maximum absolute atomic E-state index is 4.68. The van der Waals surface area contributed by atoms with Gasteiger partial charge in [-0.3, -0.25) is 9.67 Å². The third-order valence-corrected chi connectivity index (χ3v) is 3.64. The Morgan fingerprint density at radius 2 is 1.67 bits per heavy atom. The van der Waals surface area contributed by atoms with E-state index in [1.807, 2.05) is 48.1 Å². The third-order valence-electron chi connectivity index (χ3n) is 3.64. The predicted molar refractivity (Wildman–Crippen MR) is 90.7 cm³/mol. The van der Waals surface area contributed by atoms with E-state index < -0.39 is 0 Å². The summed E-state index contributed by atoms with van der Waals surface area (Å²) in [6.07, 6.45) is 6.97. The van der Waals surface area contributed by atoms with Gasteiger partial charge in [-0.15, -0.1) is 0 Å². The first-order valence-corrected chi connectivity index (χ1v) is 7.50. The van der Waals surface area contributed by atoms with Crippen LogP contribution in [0, 0.1) is 0 Å². The average Bonchev–Trinajstić information content (AvgIpc) is 3.05. The van der Waals surface area contributed by atoms with Gasteiger partial charge in [-0.2, -0.15) is 5.10 Å². The lowest BCUT2D eigenvalue weighted by molar-refractivity contribution is 0.776. The molecule has 0 radical (unpaired) electrons. The summed E-state index contributed by atoms with van der Waals surface area (Å²) in [5.41, 5.74) is 4.32. The molecule has 4 aromatic rings. The molecule has 24 heavy (non-hydrogen) atoms. The second kappa shape index (κ2) is 6.00. The third kappa shape index (κ3) is 2.65. The fraction of sp³-hybridized carbons (Fsp3) is 0.0556. The van der Waals surface area contributed by atoms with Crippen LogP contribution in [-0.4, -0.2) is 29.7 Å². The van der Waals surface area contributed by atoms with E-state index in [2.05, 4.69) is 25.0 Å². The molecule has 0 aliphatic rings. The van der Waals surface area contributed by atoms with E-state index in [1.54, 1.807) is 30.9 Å². The summed E-state index contributed by atoms with van der Waals surface area (Å²) < 4.78 is 1.82. The molecule has 6 heteroatoms. The molecule has 0 fully saturated rings. The molecule has 0 saturated carbocycles. The van der Waals surface area contributed by atoms with Crippen molar-refractivity contribution in [1.82, 2.24) is 29.7 Å². The molecule has 0 bridgehead atoms. The maximum Gasteiger partial charge on any atom is 0.178 e. The van der Waals surface area contributed by atoms with Crippen LogP contribution in [0.2, 0.25) is 0 Å². The van der Waals surface area contributed by atoms with Gasteiger partial charge in [0.25, 0.3) is 0 Å². The Kier molecular flexibility index (Phi) is 3.55. The first-order chi connectivity index (χ1) is 11.8. The summed E-state index contributed by atoms with van der Waals surface area (Å²) >= 11 is 0. The van der Waals surface area contributed by atoms with E-state index in [1.165, 1.54) is 0 Å². The van der Waals surface area contributed by atoms with Gasteiger partial charge in [-0.25, -0.2) is 15.0 Å². The predicted octanol–water partition coefficient (Wildman–Crippen LogP) is 3.00. The minimum atomic E-state index is 0.606. The number of pyridine rings is 2. The zero-order valence-electron chi connectivity index (χ0n) is 13.0. The Balaban J connectivity index is 1.76. The molecule has 0 unspecified atom stereocenters. The summed E-state index contributed by atoms with van der Waals surface area (Å²) in [5, 5.41) is 4.57. The zero-order chi connectivity index (χ0) is 16.4. The molecule has 0 amide bonds. The van der Waals surface area contributed by atoms with Gasteiger partial charge in [0.05, 0.1) is 17.1 Å². The highest BCUT2D eigenvalue weighted by Crippen LogP contribution is 2.25. The largest absolute Gasteiger partial charge is 0.266 e. The minimum Gasteiger partial charge on any atom is -0.266 e. The van der Waals surface area contributed by atoms with Crippen molar-refractivity contribution in [1.29, 1.82) is 0 Å². The van der Waals surface area contributed by atoms with Gasteiger partial charge >= 0.3 is 0 Å². The molecule has 0 aliphatic heterocycles. The molecule has 0 aliphatic carbocycles. The van der Waals surface area contributed by atoms with Gasteiger partial charge in [0.1, 0.15) is 5.69 Å². The van der Waals surface area contributed by atoms with Gasteiger partial charge in [0.2, 0.25) is 0 Å². The summed E-state index contributed by atoms with van der Waals surface area (Å²) in [6.45, 7) is 0.